The predicted molar refractivity (Wildman–Crippen MR) is 151 cm³/mol. The van der Waals surface area contributed by atoms with Crippen LogP contribution in [0.5, 0.6) is 0 Å². The molecule has 0 aromatic rings. The van der Waals surface area contributed by atoms with Gasteiger partial charge in [0, 0.05) is 12.8 Å². The smallest absolute Gasteiger partial charge is 0.305 e. The fourth-order valence-corrected chi connectivity index (χ4v) is 4.55. The van der Waals surface area contributed by atoms with Gasteiger partial charge in [-0.1, -0.05) is 88.5 Å². The third kappa shape index (κ3) is 24.1. The lowest BCUT2D eigenvalue weighted by molar-refractivity contribution is -0.144. The van der Waals surface area contributed by atoms with Gasteiger partial charge < -0.3 is 9.47 Å². The van der Waals surface area contributed by atoms with Gasteiger partial charge in [0.2, 0.25) is 0 Å². The topological polar surface area (TPSA) is 52.6 Å². The van der Waals surface area contributed by atoms with Crippen molar-refractivity contribution in [2.45, 2.75) is 154 Å². The highest BCUT2D eigenvalue weighted by molar-refractivity contribution is 5.69. The van der Waals surface area contributed by atoms with E-state index in [9.17, 15) is 9.59 Å². The summed E-state index contributed by atoms with van der Waals surface area (Å²) >= 11 is 0. The molecule has 0 radical (unpaired) electrons. The SMILES string of the molecule is O=C1CCCCCC=CCCCCCCCCO1.O=C1CCCCCCCC=CCCCCCCO1. The van der Waals surface area contributed by atoms with Gasteiger partial charge in [0.25, 0.3) is 0 Å². The zero-order valence-corrected chi connectivity index (χ0v) is 23.3. The predicted octanol–water partition coefficient (Wildman–Crippen LogP) is 9.56. The first-order valence-corrected chi connectivity index (χ1v) is 15.4. The molecule has 0 unspecified atom stereocenters. The second-order valence-corrected chi connectivity index (χ2v) is 10.4. The number of hydrogen-bond donors (Lipinski definition) is 0. The van der Waals surface area contributed by atoms with Gasteiger partial charge >= 0.3 is 11.9 Å². The van der Waals surface area contributed by atoms with Crippen LogP contribution in [0, 0.1) is 0 Å². The highest BCUT2D eigenvalue weighted by atomic mass is 16.5. The van der Waals surface area contributed by atoms with Gasteiger partial charge in [-0.15, -0.1) is 0 Å². The molecule has 0 fully saturated rings. The Morgan fingerprint density at radius 3 is 1.03 bits per heavy atom. The van der Waals surface area contributed by atoms with Crippen LogP contribution in [0.4, 0.5) is 0 Å². The summed E-state index contributed by atoms with van der Waals surface area (Å²) < 4.78 is 10.4. The van der Waals surface area contributed by atoms with Crippen LogP contribution in [0.3, 0.4) is 0 Å². The Labute approximate surface area is 222 Å². The first kappa shape index (κ1) is 32.4. The summed E-state index contributed by atoms with van der Waals surface area (Å²) in [4.78, 5) is 22.8. The molecule has 0 saturated heterocycles. The Bertz CT molecular complexity index is 545. The average molecular weight is 505 g/mol. The van der Waals surface area contributed by atoms with E-state index in [0.717, 1.165) is 38.5 Å². The van der Waals surface area contributed by atoms with E-state index in [1.807, 2.05) is 0 Å². The number of rotatable bonds is 0. The number of ether oxygens (including phenoxy) is 2. The van der Waals surface area contributed by atoms with E-state index in [1.165, 1.54) is 103 Å². The fraction of sp³-hybridized carbons (Fsp3) is 0.812. The van der Waals surface area contributed by atoms with Gasteiger partial charge in [-0.25, -0.2) is 0 Å². The molecule has 0 spiro atoms. The molecule has 0 aromatic carbocycles. The molecule has 0 atom stereocenters. The molecule has 0 bridgehead atoms. The summed E-state index contributed by atoms with van der Waals surface area (Å²) in [6, 6.07) is 0. The third-order valence-corrected chi connectivity index (χ3v) is 6.89. The monoisotopic (exact) mass is 504 g/mol. The first-order chi connectivity index (χ1) is 17.8. The highest BCUT2D eigenvalue weighted by Crippen LogP contribution is 2.12. The summed E-state index contributed by atoms with van der Waals surface area (Å²) in [5.41, 5.74) is 0. The lowest BCUT2D eigenvalue weighted by Gasteiger charge is -2.04. The molecule has 0 aliphatic carbocycles. The van der Waals surface area contributed by atoms with Gasteiger partial charge in [0.05, 0.1) is 13.2 Å². The molecule has 2 aliphatic rings. The maximum absolute atomic E-state index is 11.4. The van der Waals surface area contributed by atoms with E-state index >= 15 is 0 Å². The lowest BCUT2D eigenvalue weighted by Crippen LogP contribution is -2.05. The van der Waals surface area contributed by atoms with E-state index < -0.39 is 0 Å². The van der Waals surface area contributed by atoms with Crippen molar-refractivity contribution in [1.29, 1.82) is 0 Å². The van der Waals surface area contributed by atoms with Crippen LogP contribution in [-0.2, 0) is 19.1 Å². The Balaban J connectivity index is 0.000000360. The molecule has 0 amide bonds. The Hall–Kier alpha value is -1.58. The molecule has 208 valence electrons. The van der Waals surface area contributed by atoms with E-state index in [2.05, 4.69) is 24.3 Å². The molecule has 36 heavy (non-hydrogen) atoms. The molecule has 2 aliphatic heterocycles. The van der Waals surface area contributed by atoms with Gasteiger partial charge in [-0.2, -0.15) is 0 Å². The maximum atomic E-state index is 11.4. The van der Waals surface area contributed by atoms with Crippen LogP contribution < -0.4 is 0 Å². The lowest BCUT2D eigenvalue weighted by atomic mass is 10.1. The second kappa shape index (κ2) is 26.5. The van der Waals surface area contributed by atoms with Crippen LogP contribution in [0.2, 0.25) is 0 Å². The van der Waals surface area contributed by atoms with Gasteiger partial charge in [0.15, 0.2) is 0 Å². The minimum Gasteiger partial charge on any atom is -0.466 e. The number of esters is 2. The van der Waals surface area contributed by atoms with E-state index in [4.69, 9.17) is 9.47 Å². The largest absolute Gasteiger partial charge is 0.466 e. The maximum Gasteiger partial charge on any atom is 0.305 e. The number of hydrogen-bond acceptors (Lipinski definition) is 4. The fourth-order valence-electron chi connectivity index (χ4n) is 4.55. The van der Waals surface area contributed by atoms with Crippen molar-refractivity contribution in [3.8, 4) is 0 Å². The summed E-state index contributed by atoms with van der Waals surface area (Å²) in [7, 11) is 0. The first-order valence-electron chi connectivity index (χ1n) is 15.4. The van der Waals surface area contributed by atoms with Gasteiger partial charge in [0.1, 0.15) is 0 Å². The highest BCUT2D eigenvalue weighted by Gasteiger charge is 2.03. The molecule has 2 heterocycles. The minimum absolute atomic E-state index is 0.000910. The van der Waals surface area contributed by atoms with Crippen molar-refractivity contribution < 1.29 is 19.1 Å². The molecule has 4 nitrogen and oxygen atoms in total. The molecule has 2 rings (SSSR count). The summed E-state index contributed by atoms with van der Waals surface area (Å²) in [6.45, 7) is 1.25. The average Bonchev–Trinajstić information content (AvgIpc) is 2.88. The molecule has 0 aromatic heterocycles. The van der Waals surface area contributed by atoms with Gasteiger partial charge in [-0.3, -0.25) is 9.59 Å². The Kier molecular flexibility index (Phi) is 23.9. The zero-order chi connectivity index (χ0) is 25.8. The normalized spacial score (nSPS) is 22.1. The minimum atomic E-state index is -0.00476. The van der Waals surface area contributed by atoms with Gasteiger partial charge in [-0.05, 0) is 77.0 Å². The van der Waals surface area contributed by atoms with Crippen LogP contribution in [0.1, 0.15) is 154 Å². The van der Waals surface area contributed by atoms with Crippen molar-refractivity contribution in [2.75, 3.05) is 13.2 Å². The molecular weight excluding hydrogens is 448 g/mol. The van der Waals surface area contributed by atoms with E-state index in [-0.39, 0.29) is 11.9 Å². The van der Waals surface area contributed by atoms with Crippen molar-refractivity contribution in [3.63, 3.8) is 0 Å². The Morgan fingerprint density at radius 2 is 0.639 bits per heavy atom. The van der Waals surface area contributed by atoms with Crippen molar-refractivity contribution in [2.24, 2.45) is 0 Å². The standard InChI is InChI=1S/2C16H28O2/c2*17-16-14-12-10-8-6-4-2-1-3-5-7-9-11-13-15-18-16/h2,4H,1,3,5-15H2;1,3H,2,4-15H2. The number of allylic oxidation sites excluding steroid dienone is 4. The molecule has 0 saturated carbocycles. The molecule has 4 heteroatoms. The van der Waals surface area contributed by atoms with Crippen LogP contribution in [0.25, 0.3) is 0 Å². The third-order valence-electron chi connectivity index (χ3n) is 6.89. The number of cyclic esters (lactones) is 2. The Morgan fingerprint density at radius 1 is 0.361 bits per heavy atom. The van der Waals surface area contributed by atoms with Crippen molar-refractivity contribution >= 4 is 11.9 Å². The van der Waals surface area contributed by atoms with Crippen molar-refractivity contribution in [3.05, 3.63) is 24.3 Å². The summed E-state index contributed by atoms with van der Waals surface area (Å²) in [6.07, 6.45) is 36.9. The second-order valence-electron chi connectivity index (χ2n) is 10.4. The van der Waals surface area contributed by atoms with Crippen molar-refractivity contribution in [1.82, 2.24) is 0 Å². The van der Waals surface area contributed by atoms with Crippen LogP contribution >= 0.6 is 0 Å². The number of carbonyl (C=O) groups excluding carboxylic acids is 2. The van der Waals surface area contributed by atoms with E-state index in [1.54, 1.807) is 0 Å². The zero-order valence-electron chi connectivity index (χ0n) is 23.3. The molecular formula is C32H56O4. The summed E-state index contributed by atoms with van der Waals surface area (Å²) in [5.74, 6) is -0.00385. The number of carbonyl (C=O) groups is 2. The summed E-state index contributed by atoms with van der Waals surface area (Å²) in [5, 5.41) is 0. The quantitative estimate of drug-likeness (QED) is 0.243. The molecule has 0 N–H and O–H groups in total. The van der Waals surface area contributed by atoms with Crippen LogP contribution in [0.15, 0.2) is 24.3 Å². The van der Waals surface area contributed by atoms with E-state index in [0.29, 0.717) is 26.1 Å². The van der Waals surface area contributed by atoms with Crippen LogP contribution in [-0.4, -0.2) is 25.2 Å².